The molecule has 1 radical (unpaired) electrons. The molecule has 0 aliphatic carbocycles. The van der Waals surface area contributed by atoms with Gasteiger partial charge < -0.3 is 9.84 Å². The van der Waals surface area contributed by atoms with E-state index >= 15 is 0 Å². The molecule has 3 heteroatoms. The van der Waals surface area contributed by atoms with Gasteiger partial charge in [0, 0.05) is 6.61 Å². The van der Waals surface area contributed by atoms with Gasteiger partial charge in [0.1, 0.15) is 0 Å². The molecular weight excluding hydrogens is 344 g/mol. The van der Waals surface area contributed by atoms with E-state index in [-0.39, 0.29) is 21.7 Å². The van der Waals surface area contributed by atoms with Crippen molar-refractivity contribution in [3.8, 4) is 0 Å². The third-order valence-electron chi connectivity index (χ3n) is 3.64. The minimum absolute atomic E-state index is 0. The van der Waals surface area contributed by atoms with E-state index in [4.69, 9.17) is 4.74 Å². The van der Waals surface area contributed by atoms with Crippen LogP contribution in [0.25, 0.3) is 0 Å². The average molecular weight is 369 g/mol. The summed E-state index contributed by atoms with van der Waals surface area (Å²) < 4.78 is 5.48. The summed E-state index contributed by atoms with van der Waals surface area (Å²) in [5.74, 6) is -1.17. The van der Waals surface area contributed by atoms with Crippen LogP contribution in [0.3, 0.4) is 0 Å². The molecule has 0 spiro atoms. The Bertz CT molecular complexity index is 534. The average Bonchev–Trinajstić information content (AvgIpc) is 3.34. The molecule has 2 nitrogen and oxygen atoms in total. The number of rotatable bonds is 1. The van der Waals surface area contributed by atoms with Gasteiger partial charge in [-0.25, -0.2) is 24.3 Å². The smallest absolute Gasteiger partial charge is 0.391 e. The van der Waals surface area contributed by atoms with Crippen molar-refractivity contribution in [2.45, 2.75) is 25.0 Å². The Labute approximate surface area is 166 Å². The summed E-state index contributed by atoms with van der Waals surface area (Å²) in [6.45, 7) is 0.627. The number of hydrogen-bond acceptors (Lipinski definition) is 2. The molecule has 1 aliphatic heterocycles. The molecule has 0 amide bonds. The fourth-order valence-corrected chi connectivity index (χ4v) is 2.35. The van der Waals surface area contributed by atoms with Crippen molar-refractivity contribution in [2.24, 2.45) is 0 Å². The van der Waals surface area contributed by atoms with E-state index in [0.717, 1.165) is 24.8 Å². The van der Waals surface area contributed by atoms with Gasteiger partial charge in [0.05, 0.1) is 5.79 Å². The molecule has 3 aromatic rings. The van der Waals surface area contributed by atoms with Crippen LogP contribution in [0.1, 0.15) is 24.8 Å². The van der Waals surface area contributed by atoms with Crippen LogP contribution in [0.5, 0.6) is 0 Å². The number of benzene rings is 1. The normalized spacial score (nSPS) is 19.1. The molecule has 129 valence electrons. The van der Waals surface area contributed by atoms with Crippen LogP contribution >= 0.6 is 0 Å². The van der Waals surface area contributed by atoms with Gasteiger partial charge in [-0.2, -0.15) is 42.8 Å². The van der Waals surface area contributed by atoms with Gasteiger partial charge in [0.2, 0.25) is 0 Å². The molecule has 0 saturated carbocycles. The summed E-state index contributed by atoms with van der Waals surface area (Å²) in [6, 6.07) is 29.5. The summed E-state index contributed by atoms with van der Waals surface area (Å²) in [6.07, 6.45) is 4.88. The second-order valence-corrected chi connectivity index (χ2v) is 5.54. The third kappa shape index (κ3) is 8.46. The first kappa shape index (κ1) is 21.6. The molecule has 1 atom stereocenters. The molecule has 1 heterocycles. The summed E-state index contributed by atoms with van der Waals surface area (Å²) >= 11 is 0. The molecule has 1 aliphatic rings. The largest absolute Gasteiger partial charge is 3.00 e. The fraction of sp³-hybridized carbons (Fsp3) is 0.227. The zero-order valence-electron chi connectivity index (χ0n) is 14.4. The molecule has 1 saturated heterocycles. The van der Waals surface area contributed by atoms with Crippen molar-refractivity contribution in [3.05, 3.63) is 103 Å². The quantitative estimate of drug-likeness (QED) is 0.481. The van der Waals surface area contributed by atoms with Gasteiger partial charge in [-0.3, -0.25) is 6.42 Å². The maximum absolute atomic E-state index is 10.2. The number of ether oxygens (including phenoxy) is 1. The Morgan fingerprint density at radius 1 is 0.800 bits per heavy atom. The Kier molecular flexibility index (Phi) is 11.1. The van der Waals surface area contributed by atoms with E-state index in [9.17, 15) is 5.11 Å². The first-order valence-corrected chi connectivity index (χ1v) is 8.41. The first-order chi connectivity index (χ1) is 11.8. The van der Waals surface area contributed by atoms with Gasteiger partial charge in [0.15, 0.2) is 0 Å². The molecular formula is C22H25O2Ti. The topological polar surface area (TPSA) is 29.5 Å². The Morgan fingerprint density at radius 3 is 1.84 bits per heavy atom. The van der Waals surface area contributed by atoms with Crippen LogP contribution in [0.15, 0.2) is 91.0 Å². The third-order valence-corrected chi connectivity index (χ3v) is 3.64. The predicted octanol–water partition coefficient (Wildman–Crippen LogP) is 5.04. The molecule has 25 heavy (non-hydrogen) atoms. The summed E-state index contributed by atoms with van der Waals surface area (Å²) in [4.78, 5) is 0. The van der Waals surface area contributed by atoms with E-state index in [2.05, 4.69) is 0 Å². The fourth-order valence-electron chi connectivity index (χ4n) is 2.35. The molecule has 1 unspecified atom stereocenters. The van der Waals surface area contributed by atoms with Crippen molar-refractivity contribution in [3.63, 3.8) is 0 Å². The van der Waals surface area contributed by atoms with E-state index in [1.807, 2.05) is 97.4 Å². The van der Waals surface area contributed by atoms with Crippen molar-refractivity contribution >= 4 is 0 Å². The maximum Gasteiger partial charge on any atom is 3.00 e. The molecule has 4 rings (SSSR count). The van der Waals surface area contributed by atoms with Gasteiger partial charge in [-0.1, -0.05) is 36.8 Å². The van der Waals surface area contributed by atoms with Crippen LogP contribution in [0, 0.1) is 6.42 Å². The summed E-state index contributed by atoms with van der Waals surface area (Å²) in [5.41, 5.74) is 0.821. The molecule has 1 N–H and O–H groups in total. The zero-order chi connectivity index (χ0) is 16.9. The van der Waals surface area contributed by atoms with Crippen LogP contribution in [0.4, 0.5) is 0 Å². The molecule has 3 aromatic carbocycles. The first-order valence-electron chi connectivity index (χ1n) is 8.41. The molecule has 0 bridgehead atoms. The van der Waals surface area contributed by atoms with Crippen LogP contribution in [0.2, 0.25) is 0 Å². The maximum atomic E-state index is 10.2. The Hall–Kier alpha value is -1.45. The minimum atomic E-state index is -1.17. The Morgan fingerprint density at radius 2 is 1.36 bits per heavy atom. The van der Waals surface area contributed by atoms with E-state index in [0.29, 0.717) is 6.61 Å². The number of aliphatic hydroxyl groups is 1. The summed E-state index contributed by atoms with van der Waals surface area (Å²) in [5, 5.41) is 10.2. The van der Waals surface area contributed by atoms with Gasteiger partial charge in [0.25, 0.3) is 0 Å². The number of hydrogen-bond donors (Lipinski definition) is 1. The van der Waals surface area contributed by atoms with Gasteiger partial charge >= 0.3 is 21.7 Å². The SMILES string of the molecule is OC1(c2ccccc2)[CH-]CCCCO1.[Ti+3].c1cc[cH-]c1.c1cc[cH-]c1. The van der Waals surface area contributed by atoms with Gasteiger partial charge in [-0.05, 0) is 12.0 Å². The van der Waals surface area contributed by atoms with E-state index in [1.54, 1.807) is 0 Å². The summed E-state index contributed by atoms with van der Waals surface area (Å²) in [7, 11) is 0. The minimum Gasteiger partial charge on any atom is -0.391 e. The predicted molar refractivity (Wildman–Crippen MR) is 98.5 cm³/mol. The monoisotopic (exact) mass is 369 g/mol. The standard InChI is InChI=1S/C12H15O2.2C5H5.Ti/c13-12(9-5-2-6-10-14-12)11-7-3-1-4-8-11;2*1-2-4-5-3-1;/h1,3-4,7-9,13H,2,5-6,10H2;2*1-5H;/q3*-1;+3. The molecule has 0 aromatic heterocycles. The van der Waals surface area contributed by atoms with Crippen molar-refractivity contribution in [2.75, 3.05) is 6.61 Å². The van der Waals surface area contributed by atoms with Crippen LogP contribution in [-0.4, -0.2) is 11.7 Å². The van der Waals surface area contributed by atoms with Crippen LogP contribution in [-0.2, 0) is 32.2 Å². The van der Waals surface area contributed by atoms with Gasteiger partial charge in [-0.15, -0.1) is 0 Å². The van der Waals surface area contributed by atoms with E-state index < -0.39 is 5.79 Å². The zero-order valence-corrected chi connectivity index (χ0v) is 16.0. The van der Waals surface area contributed by atoms with Crippen molar-refractivity contribution in [1.82, 2.24) is 0 Å². The van der Waals surface area contributed by atoms with Crippen LogP contribution < -0.4 is 0 Å². The second-order valence-electron chi connectivity index (χ2n) is 5.54. The van der Waals surface area contributed by atoms with E-state index in [1.165, 1.54) is 0 Å². The van der Waals surface area contributed by atoms with Crippen molar-refractivity contribution in [1.29, 1.82) is 0 Å². The van der Waals surface area contributed by atoms with Crippen molar-refractivity contribution < 1.29 is 31.6 Å². The molecule has 1 fully saturated rings. The Balaban J connectivity index is 0.000000233. The second kappa shape index (κ2) is 12.9.